The molecule has 0 unspecified atom stereocenters. The van der Waals surface area contributed by atoms with E-state index >= 15 is 0 Å². The average Bonchev–Trinajstić information content (AvgIpc) is 2.38. The van der Waals surface area contributed by atoms with Gasteiger partial charge >= 0.3 is 0 Å². The first-order chi connectivity index (χ1) is 9.19. The van der Waals surface area contributed by atoms with Gasteiger partial charge in [0, 0.05) is 16.8 Å². The van der Waals surface area contributed by atoms with Crippen molar-refractivity contribution in [2.45, 2.75) is 6.92 Å². The fraction of sp³-hybridized carbons (Fsp3) is 0.133. The normalized spacial score (nSPS) is 11.1. The number of hydrogen-bond donors (Lipinski definition) is 0. The summed E-state index contributed by atoms with van der Waals surface area (Å²) < 4.78 is 32.2. The van der Waals surface area contributed by atoms with Gasteiger partial charge in [0.25, 0.3) is 0 Å². The van der Waals surface area contributed by atoms with Crippen LogP contribution in [0.2, 0.25) is 0 Å². The second-order valence-corrected chi connectivity index (χ2v) is 4.20. The van der Waals surface area contributed by atoms with Crippen molar-refractivity contribution in [3.8, 4) is 5.88 Å². The van der Waals surface area contributed by atoms with Crippen LogP contribution in [0.1, 0.15) is 6.92 Å². The molecular weight excluding hydrogens is 248 g/mol. The van der Waals surface area contributed by atoms with Gasteiger partial charge in [-0.2, -0.15) is 0 Å². The van der Waals surface area contributed by atoms with E-state index in [2.05, 4.69) is 4.98 Å². The molecule has 0 spiro atoms. The van der Waals surface area contributed by atoms with Crippen LogP contribution in [0.5, 0.6) is 5.88 Å². The second-order valence-electron chi connectivity index (χ2n) is 4.20. The Morgan fingerprint density at radius 2 is 1.63 bits per heavy atom. The largest absolute Gasteiger partial charge is 0.478 e. The molecule has 0 N–H and O–H groups in total. The average molecular weight is 259 g/mol. The lowest BCUT2D eigenvalue weighted by atomic mass is 10.1. The molecule has 0 aliphatic heterocycles. The molecule has 0 radical (unpaired) electrons. The number of rotatable bonds is 2. The SMILES string of the molecule is CCOc1nc2cc(F)ccc2c2cc(F)ccc12. The molecule has 2 nitrogen and oxygen atoms in total. The maximum Gasteiger partial charge on any atom is 0.221 e. The Hall–Kier alpha value is -2.23. The Morgan fingerprint density at radius 1 is 0.947 bits per heavy atom. The lowest BCUT2D eigenvalue weighted by Crippen LogP contribution is -1.97. The van der Waals surface area contributed by atoms with Crippen molar-refractivity contribution in [3.63, 3.8) is 0 Å². The quantitative estimate of drug-likeness (QED) is 0.647. The van der Waals surface area contributed by atoms with E-state index in [0.717, 1.165) is 5.39 Å². The Labute approximate surface area is 108 Å². The van der Waals surface area contributed by atoms with Gasteiger partial charge in [0.15, 0.2) is 0 Å². The van der Waals surface area contributed by atoms with Crippen LogP contribution in [-0.4, -0.2) is 11.6 Å². The number of benzene rings is 2. The molecule has 19 heavy (non-hydrogen) atoms. The van der Waals surface area contributed by atoms with E-state index in [1.165, 1.54) is 24.3 Å². The number of nitrogens with zero attached hydrogens (tertiary/aromatic N) is 1. The molecule has 0 fully saturated rings. The third kappa shape index (κ3) is 1.99. The highest BCUT2D eigenvalue weighted by atomic mass is 19.1. The maximum absolute atomic E-state index is 13.4. The second kappa shape index (κ2) is 4.46. The van der Waals surface area contributed by atoms with Gasteiger partial charge in [0.2, 0.25) is 5.88 Å². The Bertz CT molecular complexity index is 771. The summed E-state index contributed by atoms with van der Waals surface area (Å²) in [5.41, 5.74) is 0.460. The van der Waals surface area contributed by atoms with Gasteiger partial charge in [0.1, 0.15) is 11.6 Å². The van der Waals surface area contributed by atoms with E-state index in [9.17, 15) is 8.78 Å². The molecule has 1 aromatic heterocycles. The van der Waals surface area contributed by atoms with Gasteiger partial charge in [-0.1, -0.05) is 0 Å². The molecule has 0 amide bonds. The minimum atomic E-state index is -0.377. The van der Waals surface area contributed by atoms with Crippen molar-refractivity contribution >= 4 is 21.7 Å². The molecule has 96 valence electrons. The third-order valence-electron chi connectivity index (χ3n) is 2.97. The van der Waals surface area contributed by atoms with E-state index in [1.807, 2.05) is 6.92 Å². The summed E-state index contributed by atoms with van der Waals surface area (Å²) in [6, 6.07) is 8.68. The minimum Gasteiger partial charge on any atom is -0.478 e. The van der Waals surface area contributed by atoms with Crippen LogP contribution in [0.25, 0.3) is 21.7 Å². The highest BCUT2D eigenvalue weighted by Gasteiger charge is 2.10. The van der Waals surface area contributed by atoms with Crippen molar-refractivity contribution < 1.29 is 13.5 Å². The molecule has 1 heterocycles. The van der Waals surface area contributed by atoms with Gasteiger partial charge in [0.05, 0.1) is 12.1 Å². The summed E-state index contributed by atoms with van der Waals surface area (Å²) >= 11 is 0. The molecule has 3 aromatic rings. The van der Waals surface area contributed by atoms with Crippen LogP contribution in [0, 0.1) is 11.6 Å². The summed E-state index contributed by atoms with van der Waals surface area (Å²) in [5, 5.41) is 2.11. The predicted molar refractivity (Wildman–Crippen MR) is 70.3 cm³/mol. The number of aromatic nitrogens is 1. The summed E-state index contributed by atoms with van der Waals surface area (Å²) in [4.78, 5) is 4.30. The fourth-order valence-corrected chi connectivity index (χ4v) is 2.17. The van der Waals surface area contributed by atoms with Crippen LogP contribution in [0.3, 0.4) is 0 Å². The number of fused-ring (bicyclic) bond motifs is 3. The van der Waals surface area contributed by atoms with Crippen LogP contribution in [0.4, 0.5) is 8.78 Å². The summed E-state index contributed by atoms with van der Waals surface area (Å²) in [6.07, 6.45) is 0. The predicted octanol–water partition coefficient (Wildman–Crippen LogP) is 4.06. The molecule has 3 rings (SSSR count). The van der Waals surface area contributed by atoms with E-state index in [4.69, 9.17) is 4.74 Å². The van der Waals surface area contributed by atoms with Gasteiger partial charge in [-0.3, -0.25) is 0 Å². The molecule has 0 saturated carbocycles. The van der Waals surface area contributed by atoms with Crippen molar-refractivity contribution in [1.29, 1.82) is 0 Å². The summed E-state index contributed by atoms with van der Waals surface area (Å²) in [7, 11) is 0. The third-order valence-corrected chi connectivity index (χ3v) is 2.97. The van der Waals surface area contributed by atoms with Crippen LogP contribution >= 0.6 is 0 Å². The molecular formula is C15H11F2NO. The highest BCUT2D eigenvalue weighted by Crippen LogP contribution is 2.31. The number of pyridine rings is 1. The van der Waals surface area contributed by atoms with Crippen molar-refractivity contribution in [2.75, 3.05) is 6.61 Å². The Kier molecular flexibility index (Phi) is 2.78. The first kappa shape index (κ1) is 11.8. The maximum atomic E-state index is 13.4. The van der Waals surface area contributed by atoms with Crippen molar-refractivity contribution in [2.24, 2.45) is 0 Å². The smallest absolute Gasteiger partial charge is 0.221 e. The summed E-state index contributed by atoms with van der Waals surface area (Å²) in [5.74, 6) is -0.319. The fourth-order valence-electron chi connectivity index (χ4n) is 2.17. The van der Waals surface area contributed by atoms with Crippen LogP contribution in [-0.2, 0) is 0 Å². The lowest BCUT2D eigenvalue weighted by molar-refractivity contribution is 0.332. The molecule has 0 saturated heterocycles. The van der Waals surface area contributed by atoms with Gasteiger partial charge in [-0.15, -0.1) is 0 Å². The molecule has 0 atom stereocenters. The first-order valence-electron chi connectivity index (χ1n) is 6.00. The van der Waals surface area contributed by atoms with E-state index in [-0.39, 0.29) is 11.6 Å². The zero-order valence-electron chi connectivity index (χ0n) is 10.3. The van der Waals surface area contributed by atoms with Gasteiger partial charge < -0.3 is 4.74 Å². The van der Waals surface area contributed by atoms with E-state index in [1.54, 1.807) is 12.1 Å². The zero-order valence-corrected chi connectivity index (χ0v) is 10.3. The zero-order chi connectivity index (χ0) is 13.4. The topological polar surface area (TPSA) is 22.1 Å². The number of halogens is 2. The monoisotopic (exact) mass is 259 g/mol. The first-order valence-corrected chi connectivity index (χ1v) is 6.00. The van der Waals surface area contributed by atoms with Crippen LogP contribution in [0.15, 0.2) is 36.4 Å². The molecule has 4 heteroatoms. The number of hydrogen-bond acceptors (Lipinski definition) is 2. The lowest BCUT2D eigenvalue weighted by Gasteiger charge is -2.09. The molecule has 0 aliphatic carbocycles. The van der Waals surface area contributed by atoms with Gasteiger partial charge in [-0.05, 0) is 42.6 Å². The standard InChI is InChI=1S/C15H11F2NO/c1-2-19-15-12-6-4-9(16)7-13(12)11-5-3-10(17)8-14(11)18-15/h3-8H,2H2,1H3. The Morgan fingerprint density at radius 3 is 2.37 bits per heavy atom. The highest BCUT2D eigenvalue weighted by molar-refractivity contribution is 6.07. The van der Waals surface area contributed by atoms with E-state index < -0.39 is 0 Å². The number of ether oxygens (including phenoxy) is 1. The van der Waals surface area contributed by atoms with E-state index in [0.29, 0.717) is 28.8 Å². The van der Waals surface area contributed by atoms with Crippen LogP contribution < -0.4 is 4.74 Å². The molecule has 2 aromatic carbocycles. The van der Waals surface area contributed by atoms with Crippen molar-refractivity contribution in [3.05, 3.63) is 48.0 Å². The minimum absolute atomic E-state index is 0.341. The molecule has 0 aliphatic rings. The van der Waals surface area contributed by atoms with Gasteiger partial charge in [-0.25, -0.2) is 13.8 Å². The molecule has 0 bridgehead atoms. The summed E-state index contributed by atoms with van der Waals surface area (Å²) in [6.45, 7) is 2.28. The van der Waals surface area contributed by atoms with Crippen molar-refractivity contribution in [1.82, 2.24) is 4.98 Å². The Balaban J connectivity index is 2.46.